The summed E-state index contributed by atoms with van der Waals surface area (Å²) in [5.41, 5.74) is 4.75. The zero-order chi connectivity index (χ0) is 13.9. The quantitative estimate of drug-likeness (QED) is 0.607. The van der Waals surface area contributed by atoms with E-state index in [0.29, 0.717) is 0 Å². The minimum absolute atomic E-state index is 0.107. The molecule has 1 aromatic rings. The molecule has 0 aliphatic rings. The number of halogens is 1. The summed E-state index contributed by atoms with van der Waals surface area (Å²) in [6.07, 6.45) is 0. The van der Waals surface area contributed by atoms with Crippen molar-refractivity contribution in [2.75, 3.05) is 6.61 Å². The predicted octanol–water partition coefficient (Wildman–Crippen LogP) is -0.0960. The number of hydrogen-bond acceptors (Lipinski definition) is 6. The molecule has 4 N–H and O–H groups in total. The van der Waals surface area contributed by atoms with Crippen molar-refractivity contribution in [2.45, 2.75) is 4.90 Å². The van der Waals surface area contributed by atoms with Crippen molar-refractivity contribution in [3.8, 4) is 0 Å². The molecule has 0 saturated heterocycles. The van der Waals surface area contributed by atoms with Crippen molar-refractivity contribution >= 4 is 49.2 Å². The normalized spacial score (nSPS) is 11.4. The van der Waals surface area contributed by atoms with Crippen LogP contribution in [0.25, 0.3) is 0 Å². The summed E-state index contributed by atoms with van der Waals surface area (Å²) in [6, 6.07) is 0.965. The molecule has 1 aromatic heterocycles. The van der Waals surface area contributed by atoms with Gasteiger partial charge >= 0.3 is 5.97 Å². The molecule has 0 fully saturated rings. The summed E-state index contributed by atoms with van der Waals surface area (Å²) in [7, 11) is -4.08. The monoisotopic (exact) mass is 358 g/mol. The third-order valence-corrected chi connectivity index (χ3v) is 4.99. The highest BCUT2D eigenvalue weighted by Gasteiger charge is 2.23. The summed E-state index contributed by atoms with van der Waals surface area (Å²) in [5.74, 6) is -2.10. The largest absolute Gasteiger partial charge is 0.477 e. The summed E-state index contributed by atoms with van der Waals surface area (Å²) >= 11 is 3.67. The van der Waals surface area contributed by atoms with Crippen LogP contribution in [0.2, 0.25) is 0 Å². The second kappa shape index (κ2) is 5.75. The molecular weight excluding hydrogens is 352 g/mol. The minimum Gasteiger partial charge on any atom is -0.477 e. The van der Waals surface area contributed by atoms with Gasteiger partial charge in [-0.2, -0.15) is 0 Å². The van der Waals surface area contributed by atoms with Gasteiger partial charge < -0.3 is 10.8 Å². The van der Waals surface area contributed by atoms with Crippen LogP contribution in [0, 0.1) is 0 Å². The van der Waals surface area contributed by atoms with Crippen LogP contribution in [0.1, 0.15) is 9.67 Å². The number of aromatic carboxylic acids is 1. The van der Waals surface area contributed by atoms with E-state index in [-0.39, 0.29) is 13.6 Å². The van der Waals surface area contributed by atoms with Crippen molar-refractivity contribution in [2.24, 2.45) is 5.73 Å². The lowest BCUT2D eigenvalue weighted by molar-refractivity contribution is -0.123. The first kappa shape index (κ1) is 15.0. The minimum atomic E-state index is -4.08. The van der Waals surface area contributed by atoms with Gasteiger partial charge in [0.15, 0.2) is 0 Å². The second-order valence-electron chi connectivity index (χ2n) is 2.90. The van der Waals surface area contributed by atoms with E-state index in [1.165, 1.54) is 0 Å². The molecule has 18 heavy (non-hydrogen) atoms. The number of carbonyl (C=O) groups excluding carboxylic acids is 1. The highest BCUT2D eigenvalue weighted by atomic mass is 79.9. The maximum absolute atomic E-state index is 11.7. The van der Waals surface area contributed by atoms with Crippen LogP contribution in [0.15, 0.2) is 14.7 Å². The molecule has 0 aliphatic carbocycles. The van der Waals surface area contributed by atoms with Gasteiger partial charge in [-0.05, 0) is 22.0 Å². The zero-order valence-electron chi connectivity index (χ0n) is 8.54. The maximum Gasteiger partial charge on any atom is 0.345 e. The van der Waals surface area contributed by atoms with Gasteiger partial charge in [0.25, 0.3) is 10.0 Å². The summed E-state index contributed by atoms with van der Waals surface area (Å²) in [4.78, 5) is 26.6. The van der Waals surface area contributed by atoms with Crippen LogP contribution in [0.5, 0.6) is 0 Å². The van der Waals surface area contributed by atoms with E-state index >= 15 is 0 Å². The van der Waals surface area contributed by atoms with E-state index in [2.05, 4.69) is 20.8 Å². The smallest absolute Gasteiger partial charge is 0.345 e. The number of nitrogens with one attached hydrogen (secondary N) is 1. The molecule has 0 bridgehead atoms. The molecule has 0 aliphatic heterocycles. The Hall–Kier alpha value is -1.01. The topological polar surface area (TPSA) is 136 Å². The Morgan fingerprint density at radius 3 is 2.61 bits per heavy atom. The molecule has 100 valence electrons. The van der Waals surface area contributed by atoms with Gasteiger partial charge in [-0.1, -0.05) is 4.89 Å². The number of hydrogen-bond donors (Lipinski definition) is 3. The molecule has 0 saturated carbocycles. The fraction of sp³-hybridized carbons (Fsp3) is 0.143. The van der Waals surface area contributed by atoms with E-state index in [0.717, 1.165) is 17.4 Å². The number of rotatable bonds is 6. The van der Waals surface area contributed by atoms with E-state index in [1.54, 1.807) is 4.89 Å². The average molecular weight is 359 g/mol. The van der Waals surface area contributed by atoms with Crippen molar-refractivity contribution in [3.05, 3.63) is 14.7 Å². The van der Waals surface area contributed by atoms with Crippen LogP contribution in [0.4, 0.5) is 0 Å². The number of carboxylic acid groups (broad SMARTS) is 1. The number of amides is 1. The predicted molar refractivity (Wildman–Crippen MR) is 64.4 cm³/mol. The fourth-order valence-corrected chi connectivity index (χ4v) is 4.07. The lowest BCUT2D eigenvalue weighted by Crippen LogP contribution is -2.29. The Bertz CT molecular complexity index is 581. The Kier molecular flexibility index (Phi) is 4.81. The van der Waals surface area contributed by atoms with E-state index in [1.807, 2.05) is 0 Å². The van der Waals surface area contributed by atoms with Crippen molar-refractivity contribution in [1.29, 1.82) is 0 Å². The highest BCUT2D eigenvalue weighted by molar-refractivity contribution is 9.11. The highest BCUT2D eigenvalue weighted by Crippen LogP contribution is 2.31. The third-order valence-electron chi connectivity index (χ3n) is 1.54. The summed E-state index contributed by atoms with van der Waals surface area (Å²) in [5, 5.41) is 8.72. The standard InChI is InChI=1S/C7H7BrN2O6S2/c8-6-4(1-3(17-6)7(12)13)18(14,15)10-16-2-5(9)11/h1,10H,2H2,(H2,9,11)(H,12,13). The lowest BCUT2D eigenvalue weighted by Gasteiger charge is -2.04. The number of primary amides is 1. The molecule has 0 spiro atoms. The van der Waals surface area contributed by atoms with Crippen LogP contribution in [-0.4, -0.2) is 32.0 Å². The Labute approximate surface area is 114 Å². The van der Waals surface area contributed by atoms with Crippen LogP contribution >= 0.6 is 27.3 Å². The summed E-state index contributed by atoms with van der Waals surface area (Å²) in [6.45, 7) is -0.632. The molecule has 0 aromatic carbocycles. The second-order valence-corrected chi connectivity index (χ2v) is 6.88. The first-order valence-electron chi connectivity index (χ1n) is 4.18. The molecule has 1 amide bonds. The molecule has 11 heteroatoms. The van der Waals surface area contributed by atoms with Gasteiger partial charge in [0.05, 0.1) is 3.79 Å². The number of carbonyl (C=O) groups is 2. The zero-order valence-corrected chi connectivity index (χ0v) is 11.8. The van der Waals surface area contributed by atoms with Crippen molar-refractivity contribution in [3.63, 3.8) is 0 Å². The third kappa shape index (κ3) is 3.74. The maximum atomic E-state index is 11.7. The SMILES string of the molecule is NC(=O)CONS(=O)(=O)c1cc(C(=O)O)sc1Br. The number of sulfonamides is 1. The average Bonchev–Trinajstić information content (AvgIpc) is 2.60. The Balaban J connectivity index is 2.91. The molecule has 1 heterocycles. The van der Waals surface area contributed by atoms with Gasteiger partial charge in [-0.15, -0.1) is 11.3 Å². The number of thiophene rings is 1. The van der Waals surface area contributed by atoms with Crippen LogP contribution in [-0.2, 0) is 19.7 Å². The van der Waals surface area contributed by atoms with Gasteiger partial charge in [-0.25, -0.2) is 13.2 Å². The first-order valence-corrected chi connectivity index (χ1v) is 7.28. The first-order chi connectivity index (χ1) is 8.24. The Morgan fingerprint density at radius 2 is 2.17 bits per heavy atom. The lowest BCUT2D eigenvalue weighted by atomic mass is 10.5. The molecule has 1 rings (SSSR count). The molecule has 0 radical (unpaired) electrons. The van der Waals surface area contributed by atoms with E-state index in [9.17, 15) is 18.0 Å². The molecule has 0 unspecified atom stereocenters. The number of carboxylic acids is 1. The molecule has 8 nitrogen and oxygen atoms in total. The van der Waals surface area contributed by atoms with E-state index < -0.39 is 28.5 Å². The Morgan fingerprint density at radius 1 is 1.56 bits per heavy atom. The van der Waals surface area contributed by atoms with Gasteiger partial charge in [0, 0.05) is 0 Å². The van der Waals surface area contributed by atoms with Gasteiger partial charge in [-0.3, -0.25) is 9.63 Å². The van der Waals surface area contributed by atoms with Gasteiger partial charge in [0.1, 0.15) is 16.4 Å². The number of nitrogens with two attached hydrogens (primary N) is 1. The van der Waals surface area contributed by atoms with Crippen molar-refractivity contribution in [1.82, 2.24) is 4.89 Å². The van der Waals surface area contributed by atoms with Crippen LogP contribution < -0.4 is 10.6 Å². The van der Waals surface area contributed by atoms with Gasteiger partial charge in [0.2, 0.25) is 5.91 Å². The summed E-state index contributed by atoms with van der Waals surface area (Å²) < 4.78 is 23.4. The molecular formula is C7H7BrN2O6S2. The fourth-order valence-electron chi connectivity index (χ4n) is 0.864. The van der Waals surface area contributed by atoms with Crippen LogP contribution in [0.3, 0.4) is 0 Å². The molecule has 0 atom stereocenters. The van der Waals surface area contributed by atoms with E-state index in [4.69, 9.17) is 10.8 Å². The van der Waals surface area contributed by atoms with Crippen molar-refractivity contribution < 1.29 is 28.0 Å².